The number of rotatable bonds is 4. The molecule has 1 atom stereocenters. The van der Waals surface area contributed by atoms with Crippen LogP contribution in [0, 0.1) is 11.3 Å². The number of nitrogens with zero attached hydrogens (tertiary/aromatic N) is 4. The second kappa shape index (κ2) is 6.28. The van der Waals surface area contributed by atoms with E-state index in [-0.39, 0.29) is 17.4 Å². The van der Waals surface area contributed by atoms with Gasteiger partial charge in [-0.15, -0.1) is 0 Å². The number of nitrogens with one attached hydrogen (secondary N) is 2. The minimum absolute atomic E-state index is 0.0980. The van der Waals surface area contributed by atoms with E-state index in [0.717, 1.165) is 15.6 Å². The topological polar surface area (TPSA) is 108 Å². The van der Waals surface area contributed by atoms with Crippen molar-refractivity contribution in [1.29, 1.82) is 5.26 Å². The van der Waals surface area contributed by atoms with Crippen molar-refractivity contribution < 1.29 is 0 Å². The summed E-state index contributed by atoms with van der Waals surface area (Å²) in [6, 6.07) is 9.25. The number of benzene rings is 1. The van der Waals surface area contributed by atoms with Crippen LogP contribution < -0.4 is 16.6 Å². The Labute approximate surface area is 143 Å². The molecular weight excluding hydrogens is 320 g/mol. The first-order valence-electron chi connectivity index (χ1n) is 7.89. The molecule has 0 aliphatic heterocycles. The van der Waals surface area contributed by atoms with Crippen LogP contribution >= 0.6 is 0 Å². The van der Waals surface area contributed by atoms with Crippen molar-refractivity contribution in [2.75, 3.05) is 5.32 Å². The molecule has 0 fully saturated rings. The largest absolute Gasteiger partial charge is 0.360 e. The fraction of sp³-hybridized carbons (Fsp3) is 0.294. The molecule has 0 aliphatic rings. The lowest BCUT2D eigenvalue weighted by atomic mass is 10.2. The number of anilines is 1. The highest BCUT2D eigenvalue weighted by Gasteiger charge is 2.20. The summed E-state index contributed by atoms with van der Waals surface area (Å²) in [6.07, 6.45) is 0.647. The van der Waals surface area contributed by atoms with E-state index < -0.39 is 11.2 Å². The van der Waals surface area contributed by atoms with E-state index in [4.69, 9.17) is 0 Å². The summed E-state index contributed by atoms with van der Waals surface area (Å²) in [5.41, 5.74) is 0.518. The summed E-state index contributed by atoms with van der Waals surface area (Å²) in [6.45, 7) is 1.95. The van der Waals surface area contributed by atoms with Gasteiger partial charge in [-0.1, -0.05) is 19.1 Å². The summed E-state index contributed by atoms with van der Waals surface area (Å²) in [5, 5.41) is 12.5. The lowest BCUT2D eigenvalue weighted by Crippen LogP contribution is -2.40. The number of aromatic amines is 1. The van der Waals surface area contributed by atoms with Gasteiger partial charge in [0.15, 0.2) is 5.56 Å². The van der Waals surface area contributed by atoms with Gasteiger partial charge in [-0.2, -0.15) is 5.26 Å². The van der Waals surface area contributed by atoms with Gasteiger partial charge in [0.25, 0.3) is 5.56 Å². The van der Waals surface area contributed by atoms with E-state index >= 15 is 0 Å². The Balaban J connectivity index is 2.10. The number of aromatic nitrogens is 4. The highest BCUT2D eigenvalue weighted by atomic mass is 16.2. The summed E-state index contributed by atoms with van der Waals surface area (Å²) in [7, 11) is 2.88. The average molecular weight is 338 g/mol. The smallest absolute Gasteiger partial charge is 0.332 e. The van der Waals surface area contributed by atoms with Gasteiger partial charge in [0.05, 0.1) is 17.1 Å². The first-order chi connectivity index (χ1) is 12.0. The predicted octanol–water partition coefficient (Wildman–Crippen LogP) is 1.40. The van der Waals surface area contributed by atoms with Gasteiger partial charge in [-0.05, 0) is 18.6 Å². The third-order valence-electron chi connectivity index (χ3n) is 4.23. The van der Waals surface area contributed by atoms with Crippen LogP contribution in [-0.4, -0.2) is 19.1 Å². The van der Waals surface area contributed by atoms with Crippen LogP contribution in [0.3, 0.4) is 0 Å². The molecule has 8 nitrogen and oxygen atoms in total. The Bertz CT molecular complexity index is 1070. The molecule has 0 aliphatic carbocycles. The van der Waals surface area contributed by atoms with Gasteiger partial charge in [0, 0.05) is 14.1 Å². The van der Waals surface area contributed by atoms with Crippen molar-refractivity contribution in [3.63, 3.8) is 0 Å². The molecule has 8 heteroatoms. The fourth-order valence-electron chi connectivity index (χ4n) is 2.78. The van der Waals surface area contributed by atoms with Crippen molar-refractivity contribution >= 4 is 16.9 Å². The van der Waals surface area contributed by atoms with Crippen molar-refractivity contribution in [2.45, 2.75) is 19.4 Å². The summed E-state index contributed by atoms with van der Waals surface area (Å²) in [5.74, 6) is 0.878. The third kappa shape index (κ3) is 2.70. The zero-order valence-corrected chi connectivity index (χ0v) is 14.2. The SMILES string of the molecule is CCC(Nc1c(C#N)c(=O)n(C)c(=O)n1C)c1nc2ccccc2[nH]1. The van der Waals surface area contributed by atoms with Gasteiger partial charge < -0.3 is 10.3 Å². The lowest BCUT2D eigenvalue weighted by Gasteiger charge is -2.19. The van der Waals surface area contributed by atoms with Crippen LogP contribution in [0.2, 0.25) is 0 Å². The summed E-state index contributed by atoms with van der Waals surface area (Å²) in [4.78, 5) is 32.2. The molecule has 0 saturated heterocycles. The maximum atomic E-state index is 12.2. The monoisotopic (exact) mass is 338 g/mol. The number of imidazole rings is 1. The Kier molecular flexibility index (Phi) is 4.15. The Morgan fingerprint density at radius 3 is 2.64 bits per heavy atom. The molecule has 2 N–H and O–H groups in total. The number of para-hydroxylation sites is 2. The second-order valence-electron chi connectivity index (χ2n) is 5.79. The molecule has 3 rings (SSSR count). The zero-order chi connectivity index (χ0) is 18.1. The second-order valence-corrected chi connectivity index (χ2v) is 5.79. The van der Waals surface area contributed by atoms with Crippen LogP contribution in [-0.2, 0) is 14.1 Å². The standard InChI is InChI=1S/C17H18N6O2/c1-4-11(14-19-12-7-5-6-8-13(12)20-14)21-15-10(9-18)16(24)23(3)17(25)22(15)2/h5-8,11,21H,4H2,1-3H3,(H,19,20). The van der Waals surface area contributed by atoms with Crippen LogP contribution in [0.4, 0.5) is 5.82 Å². The van der Waals surface area contributed by atoms with Crippen molar-refractivity contribution in [2.24, 2.45) is 14.1 Å². The van der Waals surface area contributed by atoms with Crippen LogP contribution in [0.25, 0.3) is 11.0 Å². The highest BCUT2D eigenvalue weighted by Crippen LogP contribution is 2.23. The van der Waals surface area contributed by atoms with Crippen molar-refractivity contribution in [3.8, 4) is 6.07 Å². The van der Waals surface area contributed by atoms with Gasteiger partial charge in [0.2, 0.25) is 0 Å². The maximum Gasteiger partial charge on any atom is 0.332 e. The Morgan fingerprint density at radius 2 is 2.00 bits per heavy atom. The van der Waals surface area contributed by atoms with E-state index in [0.29, 0.717) is 12.2 Å². The van der Waals surface area contributed by atoms with E-state index in [1.54, 1.807) is 0 Å². The highest BCUT2D eigenvalue weighted by molar-refractivity contribution is 5.75. The van der Waals surface area contributed by atoms with E-state index in [2.05, 4.69) is 15.3 Å². The van der Waals surface area contributed by atoms with Crippen molar-refractivity contribution in [3.05, 3.63) is 56.5 Å². The fourth-order valence-corrected chi connectivity index (χ4v) is 2.78. The maximum absolute atomic E-state index is 12.2. The minimum Gasteiger partial charge on any atom is -0.360 e. The van der Waals surface area contributed by atoms with Crippen molar-refractivity contribution in [1.82, 2.24) is 19.1 Å². The Hall–Kier alpha value is -3.34. The summed E-state index contributed by atoms with van der Waals surface area (Å²) >= 11 is 0. The van der Waals surface area contributed by atoms with Gasteiger partial charge in [-0.3, -0.25) is 13.9 Å². The van der Waals surface area contributed by atoms with Gasteiger partial charge in [0.1, 0.15) is 17.7 Å². The molecule has 0 bridgehead atoms. The van der Waals surface area contributed by atoms with Gasteiger partial charge >= 0.3 is 5.69 Å². The molecule has 128 valence electrons. The molecule has 3 aromatic rings. The average Bonchev–Trinajstić information content (AvgIpc) is 3.05. The van der Waals surface area contributed by atoms with Crippen LogP contribution in [0.1, 0.15) is 30.8 Å². The zero-order valence-electron chi connectivity index (χ0n) is 14.2. The number of H-pyrrole nitrogens is 1. The normalized spacial score (nSPS) is 12.1. The number of hydrogen-bond acceptors (Lipinski definition) is 5. The third-order valence-corrected chi connectivity index (χ3v) is 4.23. The molecule has 0 radical (unpaired) electrons. The Morgan fingerprint density at radius 1 is 1.28 bits per heavy atom. The van der Waals surface area contributed by atoms with E-state index in [9.17, 15) is 14.9 Å². The quantitative estimate of drug-likeness (QED) is 0.747. The first-order valence-corrected chi connectivity index (χ1v) is 7.89. The molecule has 1 aromatic carbocycles. The molecule has 0 amide bonds. The molecular formula is C17H18N6O2. The molecule has 25 heavy (non-hydrogen) atoms. The number of fused-ring (bicyclic) bond motifs is 1. The molecule has 2 aromatic heterocycles. The number of hydrogen-bond donors (Lipinski definition) is 2. The van der Waals surface area contributed by atoms with Gasteiger partial charge in [-0.25, -0.2) is 9.78 Å². The van der Waals surface area contributed by atoms with E-state index in [1.807, 2.05) is 37.3 Å². The summed E-state index contributed by atoms with van der Waals surface area (Å²) < 4.78 is 2.19. The lowest BCUT2D eigenvalue weighted by molar-refractivity contribution is 0.653. The van der Waals surface area contributed by atoms with E-state index in [1.165, 1.54) is 18.7 Å². The first kappa shape index (κ1) is 16.5. The molecule has 1 unspecified atom stereocenters. The predicted molar refractivity (Wildman–Crippen MR) is 94.4 cm³/mol. The minimum atomic E-state index is -0.618. The number of nitriles is 1. The molecule has 0 saturated carbocycles. The molecule has 0 spiro atoms. The van der Waals surface area contributed by atoms with Crippen LogP contribution in [0.15, 0.2) is 33.9 Å². The molecule has 2 heterocycles. The van der Waals surface area contributed by atoms with Crippen LogP contribution in [0.5, 0.6) is 0 Å².